The monoisotopic (exact) mass is 296 g/mol. The fourth-order valence-corrected chi connectivity index (χ4v) is 2.70. The Balaban J connectivity index is 1.76. The Hall–Kier alpha value is -2.20. The second-order valence-electron chi connectivity index (χ2n) is 5.54. The molecule has 1 aliphatic rings. The van der Waals surface area contributed by atoms with Crippen molar-refractivity contribution in [3.8, 4) is 0 Å². The van der Waals surface area contributed by atoms with Gasteiger partial charge < -0.3 is 9.64 Å². The molecule has 1 unspecified atom stereocenters. The molecule has 1 amide bonds. The van der Waals surface area contributed by atoms with E-state index >= 15 is 0 Å². The first-order chi connectivity index (χ1) is 10.8. The summed E-state index contributed by atoms with van der Waals surface area (Å²) >= 11 is 0. The highest BCUT2D eigenvalue weighted by atomic mass is 16.5. The van der Waals surface area contributed by atoms with Gasteiger partial charge in [-0.05, 0) is 30.0 Å². The quantitative estimate of drug-likeness (QED) is 0.852. The van der Waals surface area contributed by atoms with Crippen LogP contribution >= 0.6 is 0 Å². The number of amides is 1. The molecule has 1 aromatic heterocycles. The van der Waals surface area contributed by atoms with Crippen LogP contribution in [0, 0.1) is 0 Å². The van der Waals surface area contributed by atoms with Crippen LogP contribution in [-0.2, 0) is 22.6 Å². The van der Waals surface area contributed by atoms with Gasteiger partial charge in [-0.1, -0.05) is 36.4 Å². The molecule has 0 saturated carbocycles. The van der Waals surface area contributed by atoms with Gasteiger partial charge in [0.2, 0.25) is 0 Å². The van der Waals surface area contributed by atoms with Crippen LogP contribution in [0.15, 0.2) is 54.9 Å². The summed E-state index contributed by atoms with van der Waals surface area (Å²) in [4.78, 5) is 18.7. The molecule has 1 fully saturated rings. The second-order valence-corrected chi connectivity index (χ2v) is 5.54. The minimum absolute atomic E-state index is 0.0743. The SMILES string of the molecule is O=C(C1CCCO1)N(Cc1ccccc1)Cc1cccnc1. The number of carbonyl (C=O) groups is 1. The van der Waals surface area contributed by atoms with E-state index in [1.54, 1.807) is 12.4 Å². The average molecular weight is 296 g/mol. The highest BCUT2D eigenvalue weighted by molar-refractivity contribution is 5.81. The van der Waals surface area contributed by atoms with Crippen molar-refractivity contribution in [1.29, 1.82) is 0 Å². The molecule has 114 valence electrons. The molecule has 1 aliphatic heterocycles. The topological polar surface area (TPSA) is 42.4 Å². The van der Waals surface area contributed by atoms with E-state index in [-0.39, 0.29) is 12.0 Å². The summed E-state index contributed by atoms with van der Waals surface area (Å²) in [6.45, 7) is 1.83. The normalized spacial score (nSPS) is 17.4. The van der Waals surface area contributed by atoms with Crippen LogP contribution < -0.4 is 0 Å². The lowest BCUT2D eigenvalue weighted by Crippen LogP contribution is -2.38. The van der Waals surface area contributed by atoms with Crippen LogP contribution in [0.1, 0.15) is 24.0 Å². The van der Waals surface area contributed by atoms with Gasteiger partial charge in [0.1, 0.15) is 6.10 Å². The zero-order valence-corrected chi connectivity index (χ0v) is 12.5. The molecule has 0 spiro atoms. The molecule has 3 rings (SSSR count). The van der Waals surface area contributed by atoms with Crippen molar-refractivity contribution in [3.05, 3.63) is 66.0 Å². The number of aromatic nitrogens is 1. The summed E-state index contributed by atoms with van der Waals surface area (Å²) in [6, 6.07) is 13.9. The van der Waals surface area contributed by atoms with Gasteiger partial charge in [-0.25, -0.2) is 0 Å². The van der Waals surface area contributed by atoms with Crippen molar-refractivity contribution in [3.63, 3.8) is 0 Å². The van der Waals surface area contributed by atoms with Gasteiger partial charge in [-0.2, -0.15) is 0 Å². The summed E-state index contributed by atoms with van der Waals surface area (Å²) in [7, 11) is 0. The number of carbonyl (C=O) groups excluding carboxylic acids is 1. The first-order valence-electron chi connectivity index (χ1n) is 7.66. The van der Waals surface area contributed by atoms with Gasteiger partial charge in [0.05, 0.1) is 0 Å². The summed E-state index contributed by atoms with van der Waals surface area (Å²) in [5.41, 5.74) is 2.16. The molecule has 1 atom stereocenters. The summed E-state index contributed by atoms with van der Waals surface area (Å²) < 4.78 is 5.56. The van der Waals surface area contributed by atoms with Gasteiger partial charge in [-0.15, -0.1) is 0 Å². The molecule has 22 heavy (non-hydrogen) atoms. The van der Waals surface area contributed by atoms with Crippen LogP contribution in [-0.4, -0.2) is 28.5 Å². The van der Waals surface area contributed by atoms with Crippen molar-refractivity contribution in [2.75, 3.05) is 6.61 Å². The summed E-state index contributed by atoms with van der Waals surface area (Å²) in [5, 5.41) is 0. The molecular formula is C18H20N2O2. The molecule has 0 aliphatic carbocycles. The Kier molecular flexibility index (Phi) is 4.81. The first-order valence-corrected chi connectivity index (χ1v) is 7.66. The molecule has 1 saturated heterocycles. The third kappa shape index (κ3) is 3.71. The Morgan fingerprint density at radius 3 is 2.59 bits per heavy atom. The minimum atomic E-state index is -0.291. The summed E-state index contributed by atoms with van der Waals surface area (Å²) in [6.07, 6.45) is 5.04. The predicted molar refractivity (Wildman–Crippen MR) is 83.9 cm³/mol. The third-order valence-corrected chi connectivity index (χ3v) is 3.83. The smallest absolute Gasteiger partial charge is 0.252 e. The lowest BCUT2D eigenvalue weighted by molar-refractivity contribution is -0.142. The zero-order chi connectivity index (χ0) is 15.2. The maximum absolute atomic E-state index is 12.7. The number of ether oxygens (including phenoxy) is 1. The Labute approximate surface area is 130 Å². The van der Waals surface area contributed by atoms with Crippen molar-refractivity contribution >= 4 is 5.91 Å². The molecule has 0 radical (unpaired) electrons. The van der Waals surface area contributed by atoms with Crippen molar-refractivity contribution in [2.45, 2.75) is 32.0 Å². The predicted octanol–water partition coefficient (Wildman–Crippen LogP) is 2.79. The van der Waals surface area contributed by atoms with E-state index in [1.165, 1.54) is 0 Å². The minimum Gasteiger partial charge on any atom is -0.368 e. The van der Waals surface area contributed by atoms with E-state index in [0.717, 1.165) is 24.0 Å². The molecule has 2 aromatic rings. The molecule has 0 bridgehead atoms. The van der Waals surface area contributed by atoms with Crippen molar-refractivity contribution in [1.82, 2.24) is 9.88 Å². The van der Waals surface area contributed by atoms with Crippen LogP contribution in [0.2, 0.25) is 0 Å². The molecule has 0 N–H and O–H groups in total. The van der Waals surface area contributed by atoms with Gasteiger partial charge in [0, 0.05) is 32.1 Å². The number of hydrogen-bond acceptors (Lipinski definition) is 3. The number of rotatable bonds is 5. The van der Waals surface area contributed by atoms with Crippen LogP contribution in [0.25, 0.3) is 0 Å². The summed E-state index contributed by atoms with van der Waals surface area (Å²) in [5.74, 6) is 0.0743. The third-order valence-electron chi connectivity index (χ3n) is 3.83. The van der Waals surface area contributed by atoms with Crippen molar-refractivity contribution < 1.29 is 9.53 Å². The lowest BCUT2D eigenvalue weighted by Gasteiger charge is -2.25. The fraction of sp³-hybridized carbons (Fsp3) is 0.333. The zero-order valence-electron chi connectivity index (χ0n) is 12.5. The molecule has 4 nitrogen and oxygen atoms in total. The second kappa shape index (κ2) is 7.18. The Morgan fingerprint density at radius 2 is 1.91 bits per heavy atom. The van der Waals surface area contributed by atoms with Crippen molar-refractivity contribution in [2.24, 2.45) is 0 Å². The van der Waals surface area contributed by atoms with E-state index in [2.05, 4.69) is 4.98 Å². The van der Waals surface area contributed by atoms with Gasteiger partial charge in [0.15, 0.2) is 0 Å². The standard InChI is InChI=1S/C18H20N2O2/c21-18(17-9-5-11-22-17)20(13-15-6-2-1-3-7-15)14-16-8-4-10-19-12-16/h1-4,6-8,10,12,17H,5,9,11,13-14H2. The Bertz CT molecular complexity index is 553. The van der Waals surface area contributed by atoms with Gasteiger partial charge in [-0.3, -0.25) is 9.78 Å². The number of benzene rings is 1. The molecule has 2 heterocycles. The number of hydrogen-bond donors (Lipinski definition) is 0. The van der Waals surface area contributed by atoms with E-state index in [1.807, 2.05) is 47.4 Å². The van der Waals surface area contributed by atoms with E-state index in [9.17, 15) is 4.79 Å². The maximum atomic E-state index is 12.7. The highest BCUT2D eigenvalue weighted by Crippen LogP contribution is 2.18. The van der Waals surface area contributed by atoms with Gasteiger partial charge in [0.25, 0.3) is 5.91 Å². The van der Waals surface area contributed by atoms with Crippen LogP contribution in [0.3, 0.4) is 0 Å². The average Bonchev–Trinajstić information content (AvgIpc) is 3.10. The lowest BCUT2D eigenvalue weighted by atomic mass is 10.1. The Morgan fingerprint density at radius 1 is 1.14 bits per heavy atom. The molecule has 4 heteroatoms. The number of pyridine rings is 1. The number of nitrogens with zero attached hydrogens (tertiary/aromatic N) is 2. The first kappa shape index (κ1) is 14.7. The fourth-order valence-electron chi connectivity index (χ4n) is 2.70. The van der Waals surface area contributed by atoms with E-state index in [0.29, 0.717) is 19.7 Å². The van der Waals surface area contributed by atoms with E-state index < -0.39 is 0 Å². The molecule has 1 aromatic carbocycles. The largest absolute Gasteiger partial charge is 0.368 e. The highest BCUT2D eigenvalue weighted by Gasteiger charge is 2.28. The van der Waals surface area contributed by atoms with Crippen LogP contribution in [0.5, 0.6) is 0 Å². The van der Waals surface area contributed by atoms with Gasteiger partial charge >= 0.3 is 0 Å². The van der Waals surface area contributed by atoms with E-state index in [4.69, 9.17) is 4.74 Å². The maximum Gasteiger partial charge on any atom is 0.252 e. The molecular weight excluding hydrogens is 276 g/mol. The van der Waals surface area contributed by atoms with Crippen LogP contribution in [0.4, 0.5) is 0 Å².